The van der Waals surface area contributed by atoms with E-state index in [-0.39, 0.29) is 5.78 Å². The highest BCUT2D eigenvalue weighted by atomic mass is 16.5. The van der Waals surface area contributed by atoms with Crippen molar-refractivity contribution in [3.63, 3.8) is 0 Å². The molecule has 0 aliphatic rings. The molecule has 72 valence electrons. The second kappa shape index (κ2) is 7.42. The number of Topliss-reactive ketones (excluding diaryl/α,β-unsaturated/α-hetero) is 1. The number of aliphatic hydroxyl groups is 3. The van der Waals surface area contributed by atoms with Crippen LogP contribution in [0.15, 0.2) is 30.3 Å². The molecule has 0 aliphatic carbocycles. The summed E-state index contributed by atoms with van der Waals surface area (Å²) in [6.07, 6.45) is 0. The van der Waals surface area contributed by atoms with Gasteiger partial charge in [0.15, 0.2) is 5.78 Å². The molecule has 0 aliphatic heterocycles. The minimum Gasteiger partial charge on any atom is -0.388 e. The van der Waals surface area contributed by atoms with Crippen molar-refractivity contribution >= 4 is 5.78 Å². The predicted molar refractivity (Wildman–Crippen MR) is 47.2 cm³/mol. The molecule has 13 heavy (non-hydrogen) atoms. The van der Waals surface area contributed by atoms with Crippen LogP contribution in [0.3, 0.4) is 0 Å². The SMILES string of the molecule is O=C(CO)c1ccccc1.OCO. The standard InChI is InChI=1S/C8H8O2.CH4O2/c9-6-8(10)7-4-2-1-3-5-7;2-1-3/h1-5,9H,6H2;2-3H,1H2. The van der Waals surface area contributed by atoms with Gasteiger partial charge in [-0.1, -0.05) is 30.3 Å². The Morgan fingerprint density at radius 1 is 1.08 bits per heavy atom. The summed E-state index contributed by atoms with van der Waals surface area (Å²) in [6, 6.07) is 8.72. The van der Waals surface area contributed by atoms with Crippen LogP contribution in [-0.2, 0) is 0 Å². The summed E-state index contributed by atoms with van der Waals surface area (Å²) in [7, 11) is 0. The maximum absolute atomic E-state index is 10.8. The lowest BCUT2D eigenvalue weighted by molar-refractivity contribution is 0.0773. The fraction of sp³-hybridized carbons (Fsp3) is 0.222. The molecule has 0 atom stereocenters. The van der Waals surface area contributed by atoms with Gasteiger partial charge in [0, 0.05) is 5.56 Å². The molecule has 0 aromatic heterocycles. The van der Waals surface area contributed by atoms with Gasteiger partial charge in [-0.15, -0.1) is 0 Å². The topological polar surface area (TPSA) is 77.8 Å². The molecule has 0 amide bonds. The van der Waals surface area contributed by atoms with Gasteiger partial charge in [0.1, 0.15) is 13.4 Å². The van der Waals surface area contributed by atoms with E-state index in [1.165, 1.54) is 0 Å². The summed E-state index contributed by atoms with van der Waals surface area (Å²) in [5, 5.41) is 22.7. The first-order chi connectivity index (χ1) is 6.26. The zero-order valence-electron chi connectivity index (χ0n) is 7.05. The average Bonchev–Trinajstić information content (AvgIpc) is 2.19. The molecule has 0 saturated heterocycles. The molecule has 0 spiro atoms. The number of carbonyl (C=O) groups is 1. The molecule has 1 aromatic rings. The van der Waals surface area contributed by atoms with E-state index in [0.717, 1.165) is 0 Å². The Morgan fingerprint density at radius 2 is 1.54 bits per heavy atom. The van der Waals surface area contributed by atoms with Crippen LogP contribution in [-0.4, -0.2) is 34.5 Å². The predicted octanol–water partition coefficient (Wildman–Crippen LogP) is -0.210. The molecular weight excluding hydrogens is 172 g/mol. The number of ketones is 1. The number of aliphatic hydroxyl groups excluding tert-OH is 2. The van der Waals surface area contributed by atoms with Crippen LogP contribution in [0.25, 0.3) is 0 Å². The molecule has 0 fully saturated rings. The van der Waals surface area contributed by atoms with E-state index in [9.17, 15) is 4.79 Å². The lowest BCUT2D eigenvalue weighted by Gasteiger charge is -1.93. The Kier molecular flexibility index (Phi) is 6.72. The first-order valence-electron chi connectivity index (χ1n) is 3.67. The van der Waals surface area contributed by atoms with E-state index in [0.29, 0.717) is 5.56 Å². The molecule has 0 heterocycles. The highest BCUT2D eigenvalue weighted by molar-refractivity contribution is 5.96. The van der Waals surface area contributed by atoms with Gasteiger partial charge in [0.25, 0.3) is 0 Å². The maximum atomic E-state index is 10.8. The second-order valence-corrected chi connectivity index (χ2v) is 2.09. The zero-order valence-corrected chi connectivity index (χ0v) is 7.05. The average molecular weight is 184 g/mol. The first-order valence-corrected chi connectivity index (χ1v) is 3.67. The van der Waals surface area contributed by atoms with Gasteiger partial charge in [-0.05, 0) is 0 Å². The molecule has 1 rings (SSSR count). The van der Waals surface area contributed by atoms with Crippen LogP contribution in [0.4, 0.5) is 0 Å². The van der Waals surface area contributed by atoms with Crippen molar-refractivity contribution in [1.82, 2.24) is 0 Å². The number of benzene rings is 1. The number of hydrogen-bond acceptors (Lipinski definition) is 4. The summed E-state index contributed by atoms with van der Waals surface area (Å²) < 4.78 is 0. The van der Waals surface area contributed by atoms with Gasteiger partial charge in [-0.3, -0.25) is 4.79 Å². The Morgan fingerprint density at radius 3 is 1.92 bits per heavy atom. The third-order valence-electron chi connectivity index (χ3n) is 1.24. The second-order valence-electron chi connectivity index (χ2n) is 2.09. The molecule has 0 unspecified atom stereocenters. The van der Waals surface area contributed by atoms with Gasteiger partial charge < -0.3 is 15.3 Å². The molecule has 4 heteroatoms. The number of carbonyl (C=O) groups excluding carboxylic acids is 1. The maximum Gasteiger partial charge on any atom is 0.188 e. The lowest BCUT2D eigenvalue weighted by Crippen LogP contribution is -2.02. The highest BCUT2D eigenvalue weighted by Crippen LogP contribution is 1.97. The van der Waals surface area contributed by atoms with Gasteiger partial charge in [0.05, 0.1) is 0 Å². The lowest BCUT2D eigenvalue weighted by atomic mass is 10.1. The van der Waals surface area contributed by atoms with E-state index < -0.39 is 13.4 Å². The molecule has 1 aromatic carbocycles. The third kappa shape index (κ3) is 5.08. The van der Waals surface area contributed by atoms with Crippen LogP contribution >= 0.6 is 0 Å². The van der Waals surface area contributed by atoms with Crippen LogP contribution in [0.1, 0.15) is 10.4 Å². The first kappa shape index (κ1) is 11.8. The van der Waals surface area contributed by atoms with Gasteiger partial charge in [-0.2, -0.15) is 0 Å². The van der Waals surface area contributed by atoms with Crippen molar-refractivity contribution in [3.05, 3.63) is 35.9 Å². The largest absolute Gasteiger partial charge is 0.388 e. The minimum absolute atomic E-state index is 0.236. The van der Waals surface area contributed by atoms with Crippen molar-refractivity contribution in [2.24, 2.45) is 0 Å². The highest BCUT2D eigenvalue weighted by Gasteiger charge is 1.99. The van der Waals surface area contributed by atoms with E-state index in [1.54, 1.807) is 24.3 Å². The smallest absolute Gasteiger partial charge is 0.188 e. The zero-order chi connectivity index (χ0) is 10.1. The molecule has 0 saturated carbocycles. The van der Waals surface area contributed by atoms with Crippen molar-refractivity contribution in [3.8, 4) is 0 Å². The van der Waals surface area contributed by atoms with Crippen molar-refractivity contribution in [2.75, 3.05) is 13.4 Å². The van der Waals surface area contributed by atoms with Crippen LogP contribution in [0, 0.1) is 0 Å². The number of rotatable bonds is 2. The fourth-order valence-electron chi connectivity index (χ4n) is 0.715. The Labute approximate surface area is 76.1 Å². The van der Waals surface area contributed by atoms with Crippen molar-refractivity contribution < 1.29 is 20.1 Å². The summed E-state index contributed by atoms with van der Waals surface area (Å²) in [4.78, 5) is 10.8. The fourth-order valence-corrected chi connectivity index (χ4v) is 0.715. The van der Waals surface area contributed by atoms with Crippen LogP contribution in [0.2, 0.25) is 0 Å². The van der Waals surface area contributed by atoms with E-state index >= 15 is 0 Å². The quantitative estimate of drug-likeness (QED) is 0.439. The summed E-state index contributed by atoms with van der Waals surface area (Å²) in [6.45, 7) is -1.16. The molecule has 0 radical (unpaired) electrons. The van der Waals surface area contributed by atoms with E-state index in [2.05, 4.69) is 0 Å². The summed E-state index contributed by atoms with van der Waals surface area (Å²) in [5.74, 6) is -0.236. The van der Waals surface area contributed by atoms with E-state index in [1.807, 2.05) is 6.07 Å². The van der Waals surface area contributed by atoms with E-state index in [4.69, 9.17) is 15.3 Å². The summed E-state index contributed by atoms with van der Waals surface area (Å²) in [5.41, 5.74) is 0.560. The summed E-state index contributed by atoms with van der Waals surface area (Å²) >= 11 is 0. The normalized spacial score (nSPS) is 8.54. The van der Waals surface area contributed by atoms with Crippen molar-refractivity contribution in [1.29, 1.82) is 0 Å². The monoisotopic (exact) mass is 184 g/mol. The van der Waals surface area contributed by atoms with Gasteiger partial charge in [0.2, 0.25) is 0 Å². The van der Waals surface area contributed by atoms with Crippen LogP contribution < -0.4 is 0 Å². The Bertz CT molecular complexity index is 233. The molecule has 4 nitrogen and oxygen atoms in total. The van der Waals surface area contributed by atoms with Gasteiger partial charge >= 0.3 is 0 Å². The number of hydrogen-bond donors (Lipinski definition) is 3. The Hall–Kier alpha value is -1.23. The molecular formula is C9H12O4. The van der Waals surface area contributed by atoms with Crippen molar-refractivity contribution in [2.45, 2.75) is 0 Å². The molecule has 3 N–H and O–H groups in total. The minimum atomic E-state index is -0.750. The Balaban J connectivity index is 0.000000424. The van der Waals surface area contributed by atoms with Crippen LogP contribution in [0.5, 0.6) is 0 Å². The van der Waals surface area contributed by atoms with Gasteiger partial charge in [-0.25, -0.2) is 0 Å². The third-order valence-corrected chi connectivity index (χ3v) is 1.24. The molecule has 0 bridgehead atoms.